The van der Waals surface area contributed by atoms with Crippen LogP contribution in [-0.4, -0.2) is 29.4 Å². The van der Waals surface area contributed by atoms with Crippen molar-refractivity contribution in [2.75, 3.05) is 6.26 Å². The summed E-state index contributed by atoms with van der Waals surface area (Å²) in [6.07, 6.45) is 1.17. The molecule has 2 rings (SSSR count). The number of rotatable bonds is 3. The Labute approximate surface area is 110 Å². The van der Waals surface area contributed by atoms with Crippen molar-refractivity contribution in [3.63, 3.8) is 0 Å². The van der Waals surface area contributed by atoms with Gasteiger partial charge in [-0.2, -0.15) is 0 Å². The van der Waals surface area contributed by atoms with Crippen molar-refractivity contribution < 1.29 is 8.42 Å². The Morgan fingerprint density at radius 3 is 2.61 bits per heavy atom. The Bertz CT molecular complexity index is 679. The fraction of sp³-hybridized carbons (Fsp3) is 0.273. The molecule has 2 aromatic rings. The number of halogens is 1. The average molecular weight is 286 g/mol. The van der Waals surface area contributed by atoms with Crippen LogP contribution in [-0.2, 0) is 22.8 Å². The van der Waals surface area contributed by atoms with Crippen LogP contribution in [0, 0.1) is 0 Å². The minimum Gasteiger partial charge on any atom is -0.313 e. The highest BCUT2D eigenvalue weighted by Gasteiger charge is 2.13. The molecule has 0 fully saturated rings. The lowest BCUT2D eigenvalue weighted by Crippen LogP contribution is -2.00. The molecule has 0 unspecified atom stereocenters. The molecule has 0 bridgehead atoms. The highest BCUT2D eigenvalue weighted by Crippen LogP contribution is 2.21. The molecule has 5 nitrogen and oxygen atoms in total. The van der Waals surface area contributed by atoms with Gasteiger partial charge in [-0.15, -0.1) is 21.8 Å². The lowest BCUT2D eigenvalue weighted by Gasteiger charge is -2.04. The van der Waals surface area contributed by atoms with Gasteiger partial charge in [0.05, 0.1) is 10.8 Å². The van der Waals surface area contributed by atoms with Crippen LogP contribution in [0.3, 0.4) is 0 Å². The largest absolute Gasteiger partial charge is 0.313 e. The van der Waals surface area contributed by atoms with Crippen LogP contribution in [0.25, 0.3) is 11.4 Å². The first-order chi connectivity index (χ1) is 8.43. The fourth-order valence-corrected chi connectivity index (χ4v) is 2.49. The molecule has 7 heteroatoms. The number of hydrogen-bond donors (Lipinski definition) is 0. The van der Waals surface area contributed by atoms with Crippen LogP contribution < -0.4 is 0 Å². The number of sulfone groups is 1. The van der Waals surface area contributed by atoms with Crippen molar-refractivity contribution in [1.29, 1.82) is 0 Å². The summed E-state index contributed by atoms with van der Waals surface area (Å²) >= 11 is 5.72. The number of alkyl halides is 1. The molecule has 0 atom stereocenters. The second-order valence-corrected chi connectivity index (χ2v) is 6.22. The lowest BCUT2D eigenvalue weighted by molar-refractivity contribution is 0.602. The molecule has 1 heterocycles. The summed E-state index contributed by atoms with van der Waals surface area (Å²) in [6, 6.07) is 6.60. The zero-order valence-corrected chi connectivity index (χ0v) is 11.5. The third-order valence-electron chi connectivity index (χ3n) is 2.60. The van der Waals surface area contributed by atoms with Gasteiger partial charge in [-0.25, -0.2) is 8.42 Å². The molecule has 18 heavy (non-hydrogen) atoms. The van der Waals surface area contributed by atoms with E-state index in [-0.39, 0.29) is 10.8 Å². The first-order valence-electron chi connectivity index (χ1n) is 5.18. The predicted octanol–water partition coefficient (Wildman–Crippen LogP) is 1.62. The van der Waals surface area contributed by atoms with Gasteiger partial charge in [-0.05, 0) is 12.1 Å². The van der Waals surface area contributed by atoms with Crippen LogP contribution in [0.5, 0.6) is 0 Å². The highest BCUT2D eigenvalue weighted by molar-refractivity contribution is 7.90. The molecular weight excluding hydrogens is 274 g/mol. The first kappa shape index (κ1) is 13.0. The molecular formula is C11H12ClN3O2S. The van der Waals surface area contributed by atoms with Gasteiger partial charge in [-0.3, -0.25) is 0 Å². The van der Waals surface area contributed by atoms with Gasteiger partial charge in [0.15, 0.2) is 15.7 Å². The van der Waals surface area contributed by atoms with E-state index in [1.807, 2.05) is 0 Å². The standard InChI is InChI=1S/C11H12ClN3O2S/c1-15-10(7-12)13-14-11(15)8-4-3-5-9(6-8)18(2,16)17/h3-6H,7H2,1-2H3. The Kier molecular flexibility index (Phi) is 3.41. The van der Waals surface area contributed by atoms with E-state index in [2.05, 4.69) is 10.2 Å². The van der Waals surface area contributed by atoms with E-state index in [0.717, 1.165) is 0 Å². The summed E-state index contributed by atoms with van der Waals surface area (Å²) in [5, 5.41) is 7.95. The van der Waals surface area contributed by atoms with Crippen LogP contribution in [0.1, 0.15) is 5.82 Å². The summed E-state index contributed by atoms with van der Waals surface area (Å²) in [5.41, 5.74) is 0.698. The number of benzene rings is 1. The predicted molar refractivity (Wildman–Crippen MR) is 69.1 cm³/mol. The Balaban J connectivity index is 2.55. The molecule has 0 radical (unpaired) electrons. The van der Waals surface area contributed by atoms with E-state index in [9.17, 15) is 8.42 Å². The molecule has 0 aliphatic carbocycles. The molecule has 0 N–H and O–H groups in total. The smallest absolute Gasteiger partial charge is 0.175 e. The number of aromatic nitrogens is 3. The molecule has 1 aromatic carbocycles. The minimum absolute atomic E-state index is 0.259. The second kappa shape index (κ2) is 4.70. The van der Waals surface area contributed by atoms with Gasteiger partial charge in [-0.1, -0.05) is 12.1 Å². The average Bonchev–Trinajstić information content (AvgIpc) is 2.69. The zero-order valence-electron chi connectivity index (χ0n) is 9.96. The summed E-state index contributed by atoms with van der Waals surface area (Å²) < 4.78 is 24.7. The summed E-state index contributed by atoms with van der Waals surface area (Å²) in [5.74, 6) is 1.49. The van der Waals surface area contributed by atoms with E-state index in [0.29, 0.717) is 17.2 Å². The summed E-state index contributed by atoms with van der Waals surface area (Å²) in [4.78, 5) is 0.260. The van der Waals surface area contributed by atoms with E-state index >= 15 is 0 Å². The Hall–Kier alpha value is -1.40. The molecule has 1 aromatic heterocycles. The van der Waals surface area contributed by atoms with Crippen molar-refractivity contribution in [3.8, 4) is 11.4 Å². The molecule has 0 amide bonds. The molecule has 0 aliphatic heterocycles. The van der Waals surface area contributed by atoms with Crippen molar-refractivity contribution in [2.24, 2.45) is 7.05 Å². The van der Waals surface area contributed by atoms with E-state index < -0.39 is 9.84 Å². The maximum atomic E-state index is 11.5. The summed E-state index contributed by atoms with van der Waals surface area (Å²) in [7, 11) is -1.44. The molecule has 96 valence electrons. The normalized spacial score (nSPS) is 11.7. The van der Waals surface area contributed by atoms with Crippen molar-refractivity contribution in [3.05, 3.63) is 30.1 Å². The molecule has 0 aliphatic rings. The van der Waals surface area contributed by atoms with E-state index in [4.69, 9.17) is 11.6 Å². The van der Waals surface area contributed by atoms with Crippen molar-refractivity contribution in [2.45, 2.75) is 10.8 Å². The second-order valence-electron chi connectivity index (χ2n) is 3.93. The minimum atomic E-state index is -3.23. The summed E-state index contributed by atoms with van der Waals surface area (Å²) in [6.45, 7) is 0. The van der Waals surface area contributed by atoms with Gasteiger partial charge in [0.2, 0.25) is 0 Å². The van der Waals surface area contributed by atoms with Crippen LogP contribution in [0.2, 0.25) is 0 Å². The molecule has 0 spiro atoms. The Morgan fingerprint density at radius 1 is 1.33 bits per heavy atom. The highest BCUT2D eigenvalue weighted by atomic mass is 35.5. The maximum Gasteiger partial charge on any atom is 0.175 e. The SMILES string of the molecule is Cn1c(CCl)nnc1-c1cccc(S(C)(=O)=O)c1. The van der Waals surface area contributed by atoms with Crippen molar-refractivity contribution in [1.82, 2.24) is 14.8 Å². The maximum absolute atomic E-state index is 11.5. The van der Waals surface area contributed by atoms with Crippen molar-refractivity contribution >= 4 is 21.4 Å². The fourth-order valence-electron chi connectivity index (χ4n) is 1.60. The number of hydrogen-bond acceptors (Lipinski definition) is 4. The Morgan fingerprint density at radius 2 is 2.06 bits per heavy atom. The zero-order chi connectivity index (χ0) is 13.3. The lowest BCUT2D eigenvalue weighted by atomic mass is 10.2. The van der Waals surface area contributed by atoms with Gasteiger partial charge in [0.1, 0.15) is 5.82 Å². The van der Waals surface area contributed by atoms with E-state index in [1.165, 1.54) is 6.26 Å². The number of nitrogens with zero attached hydrogens (tertiary/aromatic N) is 3. The van der Waals surface area contributed by atoms with Gasteiger partial charge >= 0.3 is 0 Å². The molecule has 0 saturated heterocycles. The van der Waals surface area contributed by atoms with Crippen LogP contribution in [0.4, 0.5) is 0 Å². The first-order valence-corrected chi connectivity index (χ1v) is 7.61. The third kappa shape index (κ3) is 2.39. The van der Waals surface area contributed by atoms with Crippen LogP contribution >= 0.6 is 11.6 Å². The van der Waals surface area contributed by atoms with E-state index in [1.54, 1.807) is 35.9 Å². The quantitative estimate of drug-likeness (QED) is 0.804. The molecule has 0 saturated carbocycles. The third-order valence-corrected chi connectivity index (χ3v) is 3.95. The topological polar surface area (TPSA) is 64.8 Å². The van der Waals surface area contributed by atoms with Gasteiger partial charge in [0.25, 0.3) is 0 Å². The van der Waals surface area contributed by atoms with Gasteiger partial charge < -0.3 is 4.57 Å². The van der Waals surface area contributed by atoms with Gasteiger partial charge in [0, 0.05) is 18.9 Å². The monoisotopic (exact) mass is 285 g/mol. The van der Waals surface area contributed by atoms with Crippen LogP contribution in [0.15, 0.2) is 29.2 Å².